The molecule has 2 nitrogen and oxygen atoms in total. The fourth-order valence-corrected chi connectivity index (χ4v) is 2.31. The third-order valence-corrected chi connectivity index (χ3v) is 3.45. The zero-order valence-electron chi connectivity index (χ0n) is 9.74. The van der Waals surface area contributed by atoms with E-state index in [0.29, 0.717) is 6.04 Å². The Bertz CT molecular complexity index is 299. The number of rotatable bonds is 3. The average Bonchev–Trinajstić information content (AvgIpc) is 2.82. The Morgan fingerprint density at radius 1 is 1.33 bits per heavy atom. The first kappa shape index (κ1) is 10.5. The molecule has 0 unspecified atom stereocenters. The Kier molecular flexibility index (Phi) is 3.24. The Labute approximate surface area is 92.3 Å². The first-order valence-corrected chi connectivity index (χ1v) is 5.99. The minimum absolute atomic E-state index is 0.713. The third-order valence-electron chi connectivity index (χ3n) is 3.45. The quantitative estimate of drug-likeness (QED) is 0.752. The monoisotopic (exact) mass is 204 g/mol. The Morgan fingerprint density at radius 2 is 2.07 bits per heavy atom. The van der Waals surface area contributed by atoms with Crippen LogP contribution in [-0.4, -0.2) is 18.1 Å². The number of aromatic nitrogens is 1. The molecule has 0 atom stereocenters. The van der Waals surface area contributed by atoms with Crippen molar-refractivity contribution in [2.24, 2.45) is 0 Å². The highest BCUT2D eigenvalue weighted by Crippen LogP contribution is 2.25. The smallest absolute Gasteiger partial charge is 0.128 e. The molecule has 1 aliphatic rings. The zero-order chi connectivity index (χ0) is 10.7. The molecular weight excluding hydrogens is 184 g/mol. The van der Waals surface area contributed by atoms with E-state index in [4.69, 9.17) is 0 Å². The normalized spacial score (nSPS) is 16.9. The van der Waals surface area contributed by atoms with Crippen LogP contribution in [0.25, 0.3) is 0 Å². The van der Waals surface area contributed by atoms with Crippen LogP contribution in [0.15, 0.2) is 18.3 Å². The van der Waals surface area contributed by atoms with Crippen molar-refractivity contribution in [3.63, 3.8) is 0 Å². The van der Waals surface area contributed by atoms with E-state index in [1.807, 2.05) is 6.20 Å². The summed E-state index contributed by atoms with van der Waals surface area (Å²) in [6.07, 6.45) is 8.48. The number of hydrogen-bond donors (Lipinski definition) is 0. The summed E-state index contributed by atoms with van der Waals surface area (Å²) in [6.45, 7) is 2.16. The van der Waals surface area contributed by atoms with Gasteiger partial charge in [0.2, 0.25) is 0 Å². The van der Waals surface area contributed by atoms with Gasteiger partial charge in [-0.1, -0.05) is 25.8 Å². The van der Waals surface area contributed by atoms with Gasteiger partial charge in [0.15, 0.2) is 0 Å². The molecular formula is C13H20N2. The van der Waals surface area contributed by atoms with Crippen molar-refractivity contribution in [1.82, 2.24) is 4.98 Å². The maximum atomic E-state index is 4.52. The number of pyridine rings is 1. The fourth-order valence-electron chi connectivity index (χ4n) is 2.31. The van der Waals surface area contributed by atoms with Gasteiger partial charge in [-0.05, 0) is 30.9 Å². The summed E-state index contributed by atoms with van der Waals surface area (Å²) in [5, 5.41) is 0. The average molecular weight is 204 g/mol. The van der Waals surface area contributed by atoms with E-state index in [0.717, 1.165) is 12.2 Å². The minimum Gasteiger partial charge on any atom is -0.357 e. The molecule has 1 aromatic rings. The SMILES string of the molecule is CCc1ccc(N(C)C2CCCC2)nc1. The second-order valence-corrected chi connectivity index (χ2v) is 4.43. The van der Waals surface area contributed by atoms with Crippen LogP contribution in [-0.2, 0) is 6.42 Å². The van der Waals surface area contributed by atoms with Crippen molar-refractivity contribution < 1.29 is 0 Å². The summed E-state index contributed by atoms with van der Waals surface area (Å²) in [6, 6.07) is 5.05. The highest BCUT2D eigenvalue weighted by Gasteiger charge is 2.20. The lowest BCUT2D eigenvalue weighted by Crippen LogP contribution is -2.29. The molecule has 0 N–H and O–H groups in total. The molecule has 0 aromatic carbocycles. The van der Waals surface area contributed by atoms with E-state index >= 15 is 0 Å². The topological polar surface area (TPSA) is 16.1 Å². The predicted octanol–water partition coefficient (Wildman–Crippen LogP) is 3.02. The molecule has 15 heavy (non-hydrogen) atoms. The van der Waals surface area contributed by atoms with E-state index < -0.39 is 0 Å². The van der Waals surface area contributed by atoms with Crippen LogP contribution >= 0.6 is 0 Å². The largest absolute Gasteiger partial charge is 0.357 e. The maximum absolute atomic E-state index is 4.52. The summed E-state index contributed by atoms with van der Waals surface area (Å²) in [7, 11) is 2.17. The van der Waals surface area contributed by atoms with E-state index in [1.54, 1.807) is 0 Å². The van der Waals surface area contributed by atoms with Gasteiger partial charge in [0, 0.05) is 19.3 Å². The fraction of sp³-hybridized carbons (Fsp3) is 0.615. The third kappa shape index (κ3) is 2.31. The van der Waals surface area contributed by atoms with Gasteiger partial charge in [-0.25, -0.2) is 4.98 Å². The highest BCUT2D eigenvalue weighted by molar-refractivity contribution is 5.39. The van der Waals surface area contributed by atoms with Gasteiger partial charge >= 0.3 is 0 Å². The van der Waals surface area contributed by atoms with Gasteiger partial charge in [0.25, 0.3) is 0 Å². The van der Waals surface area contributed by atoms with E-state index in [-0.39, 0.29) is 0 Å². The summed E-state index contributed by atoms with van der Waals surface area (Å²) >= 11 is 0. The molecule has 1 aliphatic carbocycles. The molecule has 1 heterocycles. The molecule has 0 spiro atoms. The lowest BCUT2D eigenvalue weighted by molar-refractivity contribution is 0.646. The first-order chi connectivity index (χ1) is 7.31. The Morgan fingerprint density at radius 3 is 2.60 bits per heavy atom. The lowest BCUT2D eigenvalue weighted by atomic mass is 10.2. The van der Waals surface area contributed by atoms with Crippen molar-refractivity contribution in [1.29, 1.82) is 0 Å². The molecule has 0 radical (unpaired) electrons. The number of nitrogens with zero attached hydrogens (tertiary/aromatic N) is 2. The van der Waals surface area contributed by atoms with E-state index in [2.05, 4.69) is 36.0 Å². The molecule has 1 fully saturated rings. The first-order valence-electron chi connectivity index (χ1n) is 5.99. The number of aryl methyl sites for hydroxylation is 1. The maximum Gasteiger partial charge on any atom is 0.128 e. The van der Waals surface area contributed by atoms with Crippen LogP contribution in [0.5, 0.6) is 0 Å². The van der Waals surface area contributed by atoms with Gasteiger partial charge in [-0.2, -0.15) is 0 Å². The minimum atomic E-state index is 0.713. The summed E-state index contributed by atoms with van der Waals surface area (Å²) < 4.78 is 0. The van der Waals surface area contributed by atoms with Crippen molar-refractivity contribution in [2.45, 2.75) is 45.1 Å². The van der Waals surface area contributed by atoms with Crippen molar-refractivity contribution in [3.8, 4) is 0 Å². The Hall–Kier alpha value is -1.05. The van der Waals surface area contributed by atoms with Gasteiger partial charge in [0.1, 0.15) is 5.82 Å². The van der Waals surface area contributed by atoms with Crippen molar-refractivity contribution in [3.05, 3.63) is 23.9 Å². The van der Waals surface area contributed by atoms with Crippen LogP contribution in [0, 0.1) is 0 Å². The molecule has 1 saturated carbocycles. The standard InChI is InChI=1S/C13H20N2/c1-3-11-8-9-13(14-10-11)15(2)12-6-4-5-7-12/h8-10,12H,3-7H2,1-2H3. The number of anilines is 1. The zero-order valence-corrected chi connectivity index (χ0v) is 9.74. The van der Waals surface area contributed by atoms with Gasteiger partial charge in [-0.3, -0.25) is 0 Å². The molecule has 0 amide bonds. The second-order valence-electron chi connectivity index (χ2n) is 4.43. The van der Waals surface area contributed by atoms with Crippen LogP contribution in [0.1, 0.15) is 38.2 Å². The summed E-state index contributed by atoms with van der Waals surface area (Å²) in [5.41, 5.74) is 1.32. The molecule has 1 aromatic heterocycles. The van der Waals surface area contributed by atoms with Crippen molar-refractivity contribution in [2.75, 3.05) is 11.9 Å². The van der Waals surface area contributed by atoms with Gasteiger partial charge in [0.05, 0.1) is 0 Å². The van der Waals surface area contributed by atoms with Crippen molar-refractivity contribution >= 4 is 5.82 Å². The van der Waals surface area contributed by atoms with Crippen LogP contribution in [0.2, 0.25) is 0 Å². The van der Waals surface area contributed by atoms with Crippen LogP contribution < -0.4 is 4.90 Å². The molecule has 0 aliphatic heterocycles. The van der Waals surface area contributed by atoms with E-state index in [9.17, 15) is 0 Å². The van der Waals surface area contributed by atoms with Crippen LogP contribution in [0.3, 0.4) is 0 Å². The van der Waals surface area contributed by atoms with E-state index in [1.165, 1.54) is 31.2 Å². The van der Waals surface area contributed by atoms with Crippen LogP contribution in [0.4, 0.5) is 5.82 Å². The molecule has 2 heteroatoms. The summed E-state index contributed by atoms with van der Waals surface area (Å²) in [4.78, 5) is 6.86. The summed E-state index contributed by atoms with van der Waals surface area (Å²) in [5.74, 6) is 1.12. The number of hydrogen-bond acceptors (Lipinski definition) is 2. The predicted molar refractivity (Wildman–Crippen MR) is 64.3 cm³/mol. The Balaban J connectivity index is 2.07. The second kappa shape index (κ2) is 4.65. The molecule has 82 valence electrons. The lowest BCUT2D eigenvalue weighted by Gasteiger charge is -2.25. The van der Waals surface area contributed by atoms with Gasteiger partial charge in [-0.15, -0.1) is 0 Å². The van der Waals surface area contributed by atoms with Gasteiger partial charge < -0.3 is 4.90 Å². The molecule has 0 bridgehead atoms. The molecule has 0 saturated heterocycles. The molecule has 2 rings (SSSR count). The highest BCUT2D eigenvalue weighted by atomic mass is 15.2.